The second-order valence-electron chi connectivity index (χ2n) is 3.82. The summed E-state index contributed by atoms with van der Waals surface area (Å²) >= 11 is 0. The van der Waals surface area contributed by atoms with Crippen molar-refractivity contribution < 1.29 is 27.6 Å². The van der Waals surface area contributed by atoms with Crippen LogP contribution < -0.4 is 10.6 Å². The highest BCUT2D eigenvalue weighted by molar-refractivity contribution is 6.61. The molecule has 0 unspecified atom stereocenters. The lowest BCUT2D eigenvalue weighted by Gasteiger charge is -2.24. The highest BCUT2D eigenvalue weighted by Gasteiger charge is 2.38. The van der Waals surface area contributed by atoms with Crippen molar-refractivity contribution >= 4 is 20.8 Å². The van der Waals surface area contributed by atoms with Gasteiger partial charge in [0.25, 0.3) is 0 Å². The van der Waals surface area contributed by atoms with Gasteiger partial charge in [-0.15, -0.1) is 0 Å². The fourth-order valence-electron chi connectivity index (χ4n) is 1.15. The largest absolute Gasteiger partial charge is 0.520 e. The maximum Gasteiger partial charge on any atom is 0.520 e. The predicted molar refractivity (Wildman–Crippen MR) is 74.0 cm³/mol. The maximum atomic E-state index is 11.5. The van der Waals surface area contributed by atoms with Gasteiger partial charge in [0, 0.05) is 26.9 Å². The number of hydrogen-bond donors (Lipinski definition) is 2. The number of hydrogen-bond acceptors (Lipinski definition) is 6. The summed E-state index contributed by atoms with van der Waals surface area (Å²) in [5.41, 5.74) is 0.311. The minimum atomic E-state index is -2.83. The van der Waals surface area contributed by atoms with Crippen LogP contribution in [0, 0.1) is 0 Å². The molecule has 0 saturated heterocycles. The van der Waals surface area contributed by atoms with E-state index in [1.54, 1.807) is 6.92 Å². The van der Waals surface area contributed by atoms with Crippen LogP contribution in [0.1, 0.15) is 6.92 Å². The standard InChI is InChI=1S/C11H22N2O6Si/c1-9(2)10(14)19-7-6-12-11(15)13-8-20(16-3,17-4)18-5/h1,6-8H2,2-5H3,(H2,12,13,15). The van der Waals surface area contributed by atoms with Gasteiger partial charge in [0.15, 0.2) is 0 Å². The first-order chi connectivity index (χ1) is 9.40. The average Bonchev–Trinajstić information content (AvgIpc) is 2.45. The van der Waals surface area contributed by atoms with Crippen molar-refractivity contribution in [3.63, 3.8) is 0 Å². The van der Waals surface area contributed by atoms with Crippen LogP contribution in [0.2, 0.25) is 0 Å². The van der Waals surface area contributed by atoms with Crippen molar-refractivity contribution in [1.29, 1.82) is 0 Å². The van der Waals surface area contributed by atoms with Crippen molar-refractivity contribution in [2.24, 2.45) is 0 Å². The van der Waals surface area contributed by atoms with Gasteiger partial charge < -0.3 is 28.6 Å². The van der Waals surface area contributed by atoms with Crippen LogP contribution in [0.3, 0.4) is 0 Å². The van der Waals surface area contributed by atoms with Gasteiger partial charge in [-0.05, 0) is 6.92 Å². The van der Waals surface area contributed by atoms with Crippen LogP contribution in [-0.4, -0.2) is 61.5 Å². The number of esters is 1. The highest BCUT2D eigenvalue weighted by atomic mass is 28.4. The first-order valence-corrected chi connectivity index (χ1v) is 7.83. The summed E-state index contributed by atoms with van der Waals surface area (Å²) in [6, 6.07) is -0.431. The molecule has 0 fully saturated rings. The number of urea groups is 1. The Hall–Kier alpha value is -1.42. The Bertz CT molecular complexity index is 338. The summed E-state index contributed by atoms with van der Waals surface area (Å²) in [6.07, 6.45) is 0.133. The number of ether oxygens (including phenoxy) is 1. The molecule has 0 rings (SSSR count). The maximum absolute atomic E-state index is 11.5. The van der Waals surface area contributed by atoms with E-state index < -0.39 is 20.8 Å². The van der Waals surface area contributed by atoms with Gasteiger partial charge in [-0.2, -0.15) is 0 Å². The van der Waals surface area contributed by atoms with E-state index in [0.29, 0.717) is 5.57 Å². The summed E-state index contributed by atoms with van der Waals surface area (Å²) in [5, 5.41) is 5.09. The Morgan fingerprint density at radius 2 is 1.65 bits per heavy atom. The van der Waals surface area contributed by atoms with E-state index in [0.717, 1.165) is 0 Å². The number of nitrogens with one attached hydrogen (secondary N) is 2. The van der Waals surface area contributed by atoms with E-state index in [9.17, 15) is 9.59 Å². The molecule has 0 aromatic carbocycles. The lowest BCUT2D eigenvalue weighted by Crippen LogP contribution is -2.55. The van der Waals surface area contributed by atoms with Crippen molar-refractivity contribution in [3.05, 3.63) is 12.2 Å². The fourth-order valence-corrected chi connectivity index (χ4v) is 2.46. The van der Waals surface area contributed by atoms with Gasteiger partial charge in [-0.3, -0.25) is 0 Å². The van der Waals surface area contributed by atoms with Crippen LogP contribution in [0.15, 0.2) is 12.2 Å². The molecule has 2 amide bonds. The molecule has 0 aliphatic rings. The molecule has 0 atom stereocenters. The topological polar surface area (TPSA) is 95.1 Å². The summed E-state index contributed by atoms with van der Waals surface area (Å²) < 4.78 is 20.2. The molecule has 0 aromatic rings. The summed E-state index contributed by atoms with van der Waals surface area (Å²) in [5.74, 6) is -0.489. The molecule has 0 aromatic heterocycles. The molecule has 9 heteroatoms. The lowest BCUT2D eigenvalue weighted by molar-refractivity contribution is -0.138. The molecule has 0 bridgehead atoms. The number of carbonyl (C=O) groups excluding carboxylic acids is 2. The minimum absolute atomic E-state index is 0.0700. The van der Waals surface area contributed by atoms with Crippen LogP contribution in [-0.2, 0) is 22.8 Å². The Labute approximate surface area is 119 Å². The van der Waals surface area contributed by atoms with Gasteiger partial charge in [0.1, 0.15) is 6.61 Å². The van der Waals surface area contributed by atoms with E-state index in [4.69, 9.17) is 18.0 Å². The number of amides is 2. The van der Waals surface area contributed by atoms with Crippen LogP contribution in [0.4, 0.5) is 4.79 Å². The lowest BCUT2D eigenvalue weighted by atomic mass is 10.4. The first kappa shape index (κ1) is 18.6. The van der Waals surface area contributed by atoms with Gasteiger partial charge in [-0.1, -0.05) is 6.58 Å². The molecule has 0 spiro atoms. The monoisotopic (exact) mass is 306 g/mol. The Balaban J connectivity index is 3.90. The minimum Gasteiger partial charge on any atom is -0.460 e. The Kier molecular flexibility index (Phi) is 8.80. The smallest absolute Gasteiger partial charge is 0.460 e. The van der Waals surface area contributed by atoms with Gasteiger partial charge in [0.05, 0.1) is 12.7 Å². The molecule has 0 radical (unpaired) electrons. The van der Waals surface area contributed by atoms with Crippen LogP contribution in [0.25, 0.3) is 0 Å². The molecule has 0 aliphatic carbocycles. The predicted octanol–water partition coefficient (Wildman–Crippen LogP) is -0.178. The average molecular weight is 306 g/mol. The zero-order valence-corrected chi connectivity index (χ0v) is 13.3. The van der Waals surface area contributed by atoms with Gasteiger partial charge >= 0.3 is 20.8 Å². The molecule has 0 heterocycles. The zero-order chi connectivity index (χ0) is 15.6. The van der Waals surface area contributed by atoms with Gasteiger partial charge in [-0.25, -0.2) is 9.59 Å². The molecular weight excluding hydrogens is 284 g/mol. The fraction of sp³-hybridized carbons (Fsp3) is 0.636. The van der Waals surface area contributed by atoms with Crippen molar-refractivity contribution in [3.8, 4) is 0 Å². The normalized spacial score (nSPS) is 10.8. The molecule has 0 saturated carbocycles. The third kappa shape index (κ3) is 6.66. The third-order valence-corrected chi connectivity index (χ3v) is 4.84. The van der Waals surface area contributed by atoms with E-state index >= 15 is 0 Å². The molecule has 116 valence electrons. The second kappa shape index (κ2) is 9.48. The molecule has 0 aliphatic heterocycles. The van der Waals surface area contributed by atoms with E-state index in [-0.39, 0.29) is 19.3 Å². The molecular formula is C11H22N2O6Si. The summed E-state index contributed by atoms with van der Waals surface area (Å²) in [7, 11) is 1.53. The Morgan fingerprint density at radius 3 is 2.10 bits per heavy atom. The van der Waals surface area contributed by atoms with Crippen molar-refractivity contribution in [1.82, 2.24) is 10.6 Å². The zero-order valence-electron chi connectivity index (χ0n) is 12.3. The SMILES string of the molecule is C=C(C)C(=O)OCCNC(=O)NC[Si](OC)(OC)OC. The highest BCUT2D eigenvalue weighted by Crippen LogP contribution is 2.03. The summed E-state index contributed by atoms with van der Waals surface area (Å²) in [6.45, 7) is 5.25. The van der Waals surface area contributed by atoms with Crippen LogP contribution in [0.5, 0.6) is 0 Å². The third-order valence-electron chi connectivity index (χ3n) is 2.37. The first-order valence-electron chi connectivity index (χ1n) is 5.90. The molecule has 8 nitrogen and oxygen atoms in total. The Morgan fingerprint density at radius 1 is 1.10 bits per heavy atom. The van der Waals surface area contributed by atoms with Crippen molar-refractivity contribution in [2.45, 2.75) is 6.92 Å². The van der Waals surface area contributed by atoms with E-state index in [2.05, 4.69) is 17.2 Å². The second-order valence-corrected chi connectivity index (χ2v) is 6.77. The summed E-state index contributed by atoms with van der Waals surface area (Å²) in [4.78, 5) is 22.6. The van der Waals surface area contributed by atoms with Gasteiger partial charge in [0.2, 0.25) is 0 Å². The van der Waals surface area contributed by atoms with E-state index in [1.807, 2.05) is 0 Å². The van der Waals surface area contributed by atoms with Crippen molar-refractivity contribution in [2.75, 3.05) is 40.6 Å². The van der Waals surface area contributed by atoms with E-state index in [1.165, 1.54) is 21.3 Å². The van der Waals surface area contributed by atoms with Crippen LogP contribution >= 0.6 is 0 Å². The quantitative estimate of drug-likeness (QED) is 0.266. The number of carbonyl (C=O) groups is 2. The molecule has 2 N–H and O–H groups in total. The number of rotatable bonds is 9. The molecule has 20 heavy (non-hydrogen) atoms.